The Balaban J connectivity index is 0.000000127. The van der Waals surface area contributed by atoms with E-state index < -0.39 is 52.1 Å². The number of aliphatic hydroxyl groups is 3. The Bertz CT molecular complexity index is 4120. The van der Waals surface area contributed by atoms with Gasteiger partial charge >= 0.3 is 12.0 Å². The van der Waals surface area contributed by atoms with Gasteiger partial charge in [-0.3, -0.25) is 23.7 Å². The normalized spacial score (nSPS) is 25.6. The van der Waals surface area contributed by atoms with Gasteiger partial charge in [0.15, 0.2) is 57.9 Å². The monoisotopic (exact) mass is 1480 g/mol. The molecule has 6 aromatic rings. The Morgan fingerprint density at radius 2 is 1.09 bits per heavy atom. The second-order valence-electron chi connectivity index (χ2n) is 29.0. The molecule has 5 aromatic carbocycles. The molecule has 1 aromatic heterocycles. The van der Waals surface area contributed by atoms with Gasteiger partial charge in [-0.1, -0.05) is 50.2 Å². The maximum atomic E-state index is 15.3. The molecular weight excluding hydrogens is 1390 g/mol. The van der Waals surface area contributed by atoms with E-state index in [2.05, 4.69) is 25.3 Å². The molecule has 8 aliphatic heterocycles. The maximum Gasteiger partial charge on any atom is 0.408 e. The van der Waals surface area contributed by atoms with Crippen molar-refractivity contribution in [2.75, 3.05) is 105 Å². The lowest BCUT2D eigenvalue weighted by Crippen LogP contribution is -2.52. The molecule has 7 fully saturated rings. The van der Waals surface area contributed by atoms with Crippen molar-refractivity contribution >= 4 is 44.7 Å². The summed E-state index contributed by atoms with van der Waals surface area (Å²) in [5.74, 6) is 0.818. The number of amides is 2. The highest BCUT2D eigenvalue weighted by Crippen LogP contribution is 2.44. The third kappa shape index (κ3) is 17.3. The van der Waals surface area contributed by atoms with E-state index in [4.69, 9.17) is 68.6 Å². The number of furan rings is 1. The first kappa shape index (κ1) is 74.8. The SMILES string of the molecule is C.C[C@H](COS(C)(=O)=O)[C@H](O)c1ccc2c(c1)OCCO2.N[C@H](CN1CC2CCC1C2)[C@H](O)c1ccc2c(c1)OCCO2.O=C(N[C@H](CN1CC2CCC1C2)[C@H](O)c1ccc2c(c1)OCCO2)C(F)(F)c1cc2cc(Cl)ccc2o1.O=C1N[C@H](CN2CC3CCC2C3)[C@@H](c2ccc3c(c2)OCCO3)O1. The van der Waals surface area contributed by atoms with Crippen LogP contribution in [-0.2, 0) is 29.8 Å². The number of aliphatic hydroxyl groups excluding tert-OH is 3. The Labute approximate surface area is 609 Å². The fourth-order valence-electron chi connectivity index (χ4n) is 16.4. The number of carbonyl (C=O) groups is 2. The van der Waals surface area contributed by atoms with Gasteiger partial charge < -0.3 is 78.7 Å². The van der Waals surface area contributed by atoms with Crippen LogP contribution in [0.3, 0.4) is 0 Å². The van der Waals surface area contributed by atoms with Crippen LogP contribution in [0.25, 0.3) is 11.0 Å². The fourth-order valence-corrected chi connectivity index (χ4v) is 17.0. The Hall–Kier alpha value is -7.44. The number of hydrogen-bond donors (Lipinski definition) is 6. The van der Waals surface area contributed by atoms with Crippen molar-refractivity contribution in [1.29, 1.82) is 0 Å². The first-order chi connectivity index (χ1) is 49.6. The van der Waals surface area contributed by atoms with Crippen molar-refractivity contribution < 1.29 is 93.3 Å². The van der Waals surface area contributed by atoms with Crippen LogP contribution in [0.2, 0.25) is 5.02 Å². The quantitative estimate of drug-likeness (QED) is 0.0411. The molecule has 9 heterocycles. The molecule has 6 bridgehead atoms. The van der Waals surface area contributed by atoms with Crippen LogP contribution in [0.15, 0.2) is 101 Å². The van der Waals surface area contributed by atoms with E-state index in [-0.39, 0.29) is 56.4 Å². The van der Waals surface area contributed by atoms with E-state index in [1.165, 1.54) is 56.7 Å². The van der Waals surface area contributed by atoms with Gasteiger partial charge in [-0.15, -0.1) is 0 Å². The zero-order chi connectivity index (χ0) is 71.7. The van der Waals surface area contributed by atoms with E-state index in [0.29, 0.717) is 127 Å². The number of cyclic esters (lactones) is 1. The number of fused-ring (bicyclic) bond motifs is 11. The van der Waals surface area contributed by atoms with Crippen LogP contribution in [0.4, 0.5) is 13.6 Å². The molecule has 3 saturated carbocycles. The minimum atomic E-state index is -3.96. The lowest BCUT2D eigenvalue weighted by atomic mass is 9.98. The number of likely N-dealkylation sites (tertiary alicyclic amines) is 3. The molecule has 4 saturated heterocycles. The minimum Gasteiger partial charge on any atom is -0.486 e. The number of alkyl halides is 2. The Morgan fingerprint density at radius 1 is 0.625 bits per heavy atom. The van der Waals surface area contributed by atoms with Crippen LogP contribution < -0.4 is 54.3 Å². The van der Waals surface area contributed by atoms with Crippen molar-refractivity contribution in [2.45, 2.75) is 139 Å². The molecule has 28 heteroatoms. The summed E-state index contributed by atoms with van der Waals surface area (Å²) in [6, 6.07) is 27.6. The molecule has 0 radical (unpaired) electrons. The molecule has 7 N–H and O–H groups in total. The van der Waals surface area contributed by atoms with E-state index in [1.807, 2.05) is 36.4 Å². The highest BCUT2D eigenvalue weighted by Gasteiger charge is 2.48. The standard InChI is InChI=1S/C27H27ClF2N2O5.C18H22N2O4.C17H24N2O3.C13H18O6S.CH4/c28-18-3-6-21-17(10-18)12-24(37-21)27(29,30)26(34)31-20(14-32-13-15-1-4-19(32)9-15)25(33)16-2-5-22-23(11-16)36-8-7-35-22;21-18-19-14(10-20-9-11-1-3-13(20)7-11)17(24-18)12-2-4-15-16(8-12)23-6-5-22-15;18-14(10-19-9-11-1-3-13(19)7-11)17(20)12-2-4-15-16(8-12)22-6-5-21-15;1-9(8-19-20(2,15)16)13(14)10-3-4-11-12(7-10)18-6-5-17-11;/h2-3,5-6,10-12,15,19-20,25,33H,1,4,7-9,13-14H2,(H,31,34);2,4,8,11,13-14,17H,1,3,5-7,9-10H2,(H,19,21);2,4,8,11,13-14,17,20H,1,3,5-7,9-10,18H2;3-4,7,9,13-14H,5-6,8H2,1-2H3;1H4/t15?,19?,20-,25-;2*11?,13?,14-,17-;9-,13+;/m1111./s1. The average Bonchev–Trinajstić information content (AvgIpc) is 1.28. The van der Waals surface area contributed by atoms with Crippen LogP contribution in [0.1, 0.15) is 125 Å². The highest BCUT2D eigenvalue weighted by molar-refractivity contribution is 7.86. The molecule has 2 amide bonds. The summed E-state index contributed by atoms with van der Waals surface area (Å²) in [6.07, 6.45) is 8.79. The van der Waals surface area contributed by atoms with Crippen LogP contribution in [-0.4, -0.2) is 192 Å². The number of carbonyl (C=O) groups excluding carboxylic acids is 2. The molecule has 24 nitrogen and oxygen atoms in total. The van der Waals surface area contributed by atoms with Gasteiger partial charge in [0.25, 0.3) is 16.0 Å². The summed E-state index contributed by atoms with van der Waals surface area (Å²) < 4.78 is 112. The summed E-state index contributed by atoms with van der Waals surface area (Å²) in [5, 5.41) is 38.3. The number of benzene rings is 5. The number of piperidine rings is 3. The molecule has 564 valence electrons. The summed E-state index contributed by atoms with van der Waals surface area (Å²) in [7, 11) is -3.51. The zero-order valence-electron chi connectivity index (χ0n) is 57.7. The van der Waals surface area contributed by atoms with Crippen LogP contribution >= 0.6 is 11.6 Å². The van der Waals surface area contributed by atoms with E-state index >= 15 is 8.78 Å². The minimum absolute atomic E-state index is 0. The largest absolute Gasteiger partial charge is 0.486 e. The number of nitrogens with one attached hydrogen (secondary N) is 2. The van der Waals surface area contributed by atoms with Gasteiger partial charge in [-0.25, -0.2) is 4.79 Å². The number of alkyl carbamates (subject to hydrolysis) is 1. The predicted octanol–water partition coefficient (Wildman–Crippen LogP) is 9.79. The molecular formula is C76H95ClF2N6O18S. The number of hydrogen-bond acceptors (Lipinski definition) is 22. The Morgan fingerprint density at radius 3 is 1.58 bits per heavy atom. The maximum absolute atomic E-state index is 15.3. The summed E-state index contributed by atoms with van der Waals surface area (Å²) in [4.78, 5) is 32.0. The molecule has 3 aliphatic carbocycles. The van der Waals surface area contributed by atoms with Crippen LogP contribution in [0, 0.1) is 23.7 Å². The smallest absolute Gasteiger partial charge is 0.408 e. The van der Waals surface area contributed by atoms with E-state index in [0.717, 1.165) is 105 Å². The number of nitrogens with zero attached hydrogens (tertiary/aromatic N) is 3. The van der Waals surface area contributed by atoms with E-state index in [1.54, 1.807) is 43.3 Å². The predicted molar refractivity (Wildman–Crippen MR) is 381 cm³/mol. The highest BCUT2D eigenvalue weighted by atomic mass is 35.5. The fraction of sp³-hybridized carbons (Fsp3) is 0.553. The third-order valence-electron chi connectivity index (χ3n) is 21.7. The topological polar surface area (TPSA) is 294 Å². The van der Waals surface area contributed by atoms with Gasteiger partial charge in [-0.05, 0) is 171 Å². The van der Waals surface area contributed by atoms with Crippen molar-refractivity contribution in [1.82, 2.24) is 25.3 Å². The molecule has 14 atom stereocenters. The van der Waals surface area contributed by atoms with Crippen molar-refractivity contribution in [3.63, 3.8) is 0 Å². The molecule has 104 heavy (non-hydrogen) atoms. The third-order valence-corrected chi connectivity index (χ3v) is 22.5. The average molecular weight is 1490 g/mol. The second-order valence-corrected chi connectivity index (χ2v) is 31.0. The van der Waals surface area contributed by atoms with Crippen molar-refractivity contribution in [2.24, 2.45) is 29.4 Å². The second kappa shape index (κ2) is 32.3. The van der Waals surface area contributed by atoms with E-state index in [9.17, 15) is 33.3 Å². The first-order valence-corrected chi connectivity index (χ1v) is 38.1. The van der Waals surface area contributed by atoms with Gasteiger partial charge in [-0.2, -0.15) is 17.2 Å². The van der Waals surface area contributed by atoms with Gasteiger partial charge in [0.1, 0.15) is 64.5 Å². The number of nitrogens with two attached hydrogens (primary N) is 1. The van der Waals surface area contributed by atoms with Gasteiger partial charge in [0.05, 0.1) is 37.2 Å². The molecule has 0 spiro atoms. The molecule has 11 aliphatic rings. The Kier molecular flexibility index (Phi) is 23.3. The lowest BCUT2D eigenvalue weighted by Gasteiger charge is -2.34. The number of rotatable bonds is 19. The first-order valence-electron chi connectivity index (χ1n) is 35.9. The molecule has 17 rings (SSSR count). The lowest BCUT2D eigenvalue weighted by molar-refractivity contribution is -0.151. The number of halogens is 3. The van der Waals surface area contributed by atoms with Crippen molar-refractivity contribution in [3.05, 3.63) is 130 Å². The summed E-state index contributed by atoms with van der Waals surface area (Å²) in [6.45, 7) is 10.7. The van der Waals surface area contributed by atoms with Crippen molar-refractivity contribution in [3.8, 4) is 46.0 Å². The van der Waals surface area contributed by atoms with Gasteiger partial charge in [0, 0.05) is 79.8 Å². The molecule has 6 unspecified atom stereocenters. The summed E-state index contributed by atoms with van der Waals surface area (Å²) >= 11 is 5.96. The summed E-state index contributed by atoms with van der Waals surface area (Å²) in [5.41, 5.74) is 9.33. The number of ether oxygens (including phenoxy) is 9. The van der Waals surface area contributed by atoms with Gasteiger partial charge in [0.2, 0.25) is 0 Å². The van der Waals surface area contributed by atoms with Crippen LogP contribution in [0.5, 0.6) is 46.0 Å². The zero-order valence-corrected chi connectivity index (χ0v) is 59.3.